The van der Waals surface area contributed by atoms with Gasteiger partial charge in [0.25, 0.3) is 18.2 Å². The van der Waals surface area contributed by atoms with E-state index in [2.05, 4.69) is 15.5 Å². The number of anilines is 1. The van der Waals surface area contributed by atoms with Crippen molar-refractivity contribution in [3.63, 3.8) is 0 Å². The summed E-state index contributed by atoms with van der Waals surface area (Å²) in [4.78, 5) is 55.2. The molecule has 0 aromatic carbocycles. The summed E-state index contributed by atoms with van der Waals surface area (Å²) in [6.07, 6.45) is -1.25. The van der Waals surface area contributed by atoms with Crippen LogP contribution in [-0.4, -0.2) is 74.9 Å². The summed E-state index contributed by atoms with van der Waals surface area (Å²) in [5.41, 5.74) is 3.97. The van der Waals surface area contributed by atoms with Crippen LogP contribution >= 0.6 is 23.1 Å². The van der Waals surface area contributed by atoms with Crippen LogP contribution in [0.3, 0.4) is 0 Å². The highest BCUT2D eigenvalue weighted by atomic mass is 32.2. The zero-order valence-corrected chi connectivity index (χ0v) is 21.4. The minimum atomic E-state index is -2.81. The number of carbonyl (C=O) groups excluding carboxylic acids is 4. The molecule has 2 amide bonds. The highest BCUT2D eigenvalue weighted by Crippen LogP contribution is 2.41. The molecule has 1 aromatic rings. The molecule has 2 aliphatic rings. The van der Waals surface area contributed by atoms with Crippen molar-refractivity contribution in [2.45, 2.75) is 38.6 Å². The number of oxime groups is 1. The number of nitrogens with zero attached hydrogens (tertiary/aromatic N) is 3. The first-order valence-corrected chi connectivity index (χ1v) is 12.5. The summed E-state index contributed by atoms with van der Waals surface area (Å²) >= 11 is 2.12. The van der Waals surface area contributed by atoms with Gasteiger partial charge in [0.1, 0.15) is 22.8 Å². The van der Waals surface area contributed by atoms with Crippen LogP contribution in [0.5, 0.6) is 0 Å². The van der Waals surface area contributed by atoms with Crippen LogP contribution in [-0.2, 0) is 28.7 Å². The lowest BCUT2D eigenvalue weighted by atomic mass is 9.98. The molecule has 200 valence electrons. The molecule has 4 N–H and O–H groups in total. The number of carbonyl (C=O) groups is 4. The first kappa shape index (κ1) is 28.0. The van der Waals surface area contributed by atoms with Gasteiger partial charge in [-0.15, -0.1) is 23.1 Å². The van der Waals surface area contributed by atoms with Crippen LogP contribution in [0, 0.1) is 5.41 Å². The fraction of sp³-hybridized carbons (Fsp3) is 0.429. The van der Waals surface area contributed by atoms with Crippen molar-refractivity contribution in [3.05, 3.63) is 34.5 Å². The lowest BCUT2D eigenvalue weighted by Gasteiger charge is -2.49. The van der Waals surface area contributed by atoms with Crippen molar-refractivity contribution >= 4 is 57.7 Å². The number of amides is 2. The van der Waals surface area contributed by atoms with Crippen molar-refractivity contribution in [2.75, 3.05) is 18.3 Å². The highest BCUT2D eigenvalue weighted by molar-refractivity contribution is 8.00. The van der Waals surface area contributed by atoms with Crippen LogP contribution in [0.4, 0.5) is 13.9 Å². The molecule has 1 saturated heterocycles. The highest BCUT2D eigenvalue weighted by Gasteiger charge is 2.54. The quantitative estimate of drug-likeness (QED) is 0.106. The van der Waals surface area contributed by atoms with Crippen molar-refractivity contribution in [1.29, 1.82) is 0 Å². The van der Waals surface area contributed by atoms with Crippen LogP contribution < -0.4 is 11.1 Å². The molecular formula is C21H23F2N5O7S2. The zero-order valence-electron chi connectivity index (χ0n) is 19.8. The number of nitrogen functional groups attached to an aromatic ring is 1. The maximum Gasteiger partial charge on any atom is 0.358 e. The molecule has 1 fully saturated rings. The molecule has 37 heavy (non-hydrogen) atoms. The minimum Gasteiger partial charge on any atom is -0.427 e. The van der Waals surface area contributed by atoms with Gasteiger partial charge in [-0.05, 0) is 32.4 Å². The number of aromatic nitrogens is 1. The standard InChI is InChI=1S/C21H23F2N5O7S2/c1-21(2,3)19(32)35-8-34-18(31)14-9(4-5-11(22)23)6-36-17-13(16(30)28(14)17)26-15(29)12(27-33)10-7-37-20(24)25-10/h4-5,7,11,13,17,33H,6,8H2,1-3H3,(H2,24,25)(H,26,29)/b5-4-,27-12-/t13-,17-/m1/s1. The Bertz CT molecular complexity index is 1190. The predicted octanol–water partition coefficient (Wildman–Crippen LogP) is 1.47. The molecule has 0 radical (unpaired) electrons. The number of hydrogen-bond acceptors (Lipinski definition) is 12. The molecule has 0 spiro atoms. The van der Waals surface area contributed by atoms with Gasteiger partial charge in [0.05, 0.1) is 5.41 Å². The summed E-state index contributed by atoms with van der Waals surface area (Å²) in [5.74, 6) is -3.34. The van der Waals surface area contributed by atoms with E-state index < -0.39 is 59.5 Å². The second kappa shape index (κ2) is 11.2. The Morgan fingerprint density at radius 3 is 2.65 bits per heavy atom. The molecule has 12 nitrogen and oxygen atoms in total. The Labute approximate surface area is 217 Å². The fourth-order valence-electron chi connectivity index (χ4n) is 3.19. The Kier molecular flexibility index (Phi) is 8.53. The smallest absolute Gasteiger partial charge is 0.358 e. The van der Waals surface area contributed by atoms with Gasteiger partial charge < -0.3 is 25.7 Å². The molecule has 16 heteroatoms. The van der Waals surface area contributed by atoms with Gasteiger partial charge in [-0.1, -0.05) is 11.2 Å². The second-order valence-electron chi connectivity index (χ2n) is 8.68. The van der Waals surface area contributed by atoms with Crippen molar-refractivity contribution < 1.29 is 42.6 Å². The first-order chi connectivity index (χ1) is 17.3. The summed E-state index contributed by atoms with van der Waals surface area (Å²) in [6.45, 7) is 4.04. The second-order valence-corrected chi connectivity index (χ2v) is 10.7. The molecule has 2 aliphatic heterocycles. The van der Waals surface area contributed by atoms with E-state index in [-0.39, 0.29) is 27.8 Å². The number of ether oxygens (including phenoxy) is 2. The number of hydrogen-bond donors (Lipinski definition) is 3. The number of nitrogens with one attached hydrogen (secondary N) is 1. The van der Waals surface area contributed by atoms with E-state index in [9.17, 15) is 33.2 Å². The lowest BCUT2D eigenvalue weighted by Crippen LogP contribution is -2.71. The summed E-state index contributed by atoms with van der Waals surface area (Å²) in [7, 11) is 0. The topological polar surface area (TPSA) is 174 Å². The third-order valence-corrected chi connectivity index (χ3v) is 6.97. The first-order valence-electron chi connectivity index (χ1n) is 10.6. The van der Waals surface area contributed by atoms with E-state index >= 15 is 0 Å². The monoisotopic (exact) mass is 559 g/mol. The van der Waals surface area contributed by atoms with E-state index in [1.165, 1.54) is 5.38 Å². The van der Waals surface area contributed by atoms with Crippen molar-refractivity contribution in [1.82, 2.24) is 15.2 Å². The van der Waals surface area contributed by atoms with Gasteiger partial charge in [0.2, 0.25) is 6.79 Å². The molecular weight excluding hydrogens is 536 g/mol. The molecule has 0 bridgehead atoms. The van der Waals surface area contributed by atoms with Crippen molar-refractivity contribution in [2.24, 2.45) is 10.6 Å². The van der Waals surface area contributed by atoms with Gasteiger partial charge >= 0.3 is 11.9 Å². The summed E-state index contributed by atoms with van der Waals surface area (Å²) in [5, 5.41) is 15.3. The fourth-order valence-corrected chi connectivity index (χ4v) is 5.06. The molecule has 0 saturated carbocycles. The number of rotatable bonds is 8. The third-order valence-electron chi connectivity index (χ3n) is 4.99. The van der Waals surface area contributed by atoms with Crippen LogP contribution in [0.15, 0.2) is 34.0 Å². The number of thioether (sulfide) groups is 1. The molecule has 0 unspecified atom stereocenters. The summed E-state index contributed by atoms with van der Waals surface area (Å²) in [6, 6.07) is -1.13. The largest absolute Gasteiger partial charge is 0.427 e. The number of halogens is 2. The average Bonchev–Trinajstić information content (AvgIpc) is 3.25. The third kappa shape index (κ3) is 6.25. The van der Waals surface area contributed by atoms with Crippen molar-refractivity contribution in [3.8, 4) is 0 Å². The van der Waals surface area contributed by atoms with Crippen LogP contribution in [0.1, 0.15) is 26.5 Å². The Morgan fingerprint density at radius 2 is 2.08 bits per heavy atom. The average molecular weight is 560 g/mol. The van der Waals surface area contributed by atoms with Crippen LogP contribution in [0.2, 0.25) is 0 Å². The van der Waals surface area contributed by atoms with E-state index in [1.54, 1.807) is 20.8 Å². The predicted molar refractivity (Wildman–Crippen MR) is 129 cm³/mol. The lowest BCUT2D eigenvalue weighted by molar-refractivity contribution is -0.173. The maximum atomic E-state index is 13.0. The number of alkyl halides is 2. The maximum absolute atomic E-state index is 13.0. The van der Waals surface area contributed by atoms with E-state index in [0.29, 0.717) is 6.08 Å². The SMILES string of the molecule is CC(C)(C)C(=O)OCOC(=O)C1=C(/C=C\C(F)F)CS[C@@H]2[C@H](NC(=O)/C(=N\O)c3csc(N)n3)C(=O)N12. The molecule has 1 aromatic heterocycles. The number of β-lactam (4-membered cyclic amide) rings is 1. The Morgan fingerprint density at radius 1 is 1.38 bits per heavy atom. The zero-order chi connectivity index (χ0) is 27.5. The normalized spacial score (nSPS) is 20.1. The van der Waals surface area contributed by atoms with Gasteiger partial charge in [-0.2, -0.15) is 0 Å². The number of esters is 2. The molecule has 2 atom stereocenters. The van der Waals surface area contributed by atoms with Gasteiger partial charge in [-0.25, -0.2) is 18.6 Å². The van der Waals surface area contributed by atoms with E-state index in [1.807, 2.05) is 0 Å². The number of thiazole rings is 1. The Hall–Kier alpha value is -3.53. The van der Waals surface area contributed by atoms with E-state index in [4.69, 9.17) is 15.2 Å². The minimum absolute atomic E-state index is 0.00388. The van der Waals surface area contributed by atoms with Crippen LogP contribution in [0.25, 0.3) is 0 Å². The molecule has 0 aliphatic carbocycles. The molecule has 3 rings (SSSR count). The van der Waals surface area contributed by atoms with E-state index in [0.717, 1.165) is 34.1 Å². The molecule has 3 heterocycles. The van der Waals surface area contributed by atoms with Gasteiger partial charge in [0, 0.05) is 11.1 Å². The summed E-state index contributed by atoms with van der Waals surface area (Å²) < 4.78 is 35.5. The number of nitrogens with two attached hydrogens (primary N) is 1. The number of allylic oxidation sites excluding steroid dienone is 2. The Balaban J connectivity index is 1.77. The van der Waals surface area contributed by atoms with Gasteiger partial charge in [-0.3, -0.25) is 19.3 Å². The number of fused-ring (bicyclic) bond motifs is 1. The van der Waals surface area contributed by atoms with Gasteiger partial charge in [0.15, 0.2) is 10.8 Å².